The van der Waals surface area contributed by atoms with Crippen molar-refractivity contribution in [1.82, 2.24) is 5.01 Å². The monoisotopic (exact) mass is 311 g/mol. The zero-order valence-electron chi connectivity index (χ0n) is 13.1. The summed E-state index contributed by atoms with van der Waals surface area (Å²) in [5.41, 5.74) is 15.0. The van der Waals surface area contributed by atoms with Crippen LogP contribution in [0.5, 0.6) is 5.75 Å². The largest absolute Gasteiger partial charge is 0.489 e. The van der Waals surface area contributed by atoms with Gasteiger partial charge < -0.3 is 10.5 Å². The number of nitrogens with one attached hydrogen (secondary N) is 2. The van der Waals surface area contributed by atoms with Crippen LogP contribution in [0.3, 0.4) is 0 Å². The number of nitrogens with two attached hydrogens (primary N) is 1. The lowest BCUT2D eigenvalue weighted by Gasteiger charge is -2.18. The molecule has 0 aromatic heterocycles. The molecule has 1 unspecified atom stereocenters. The molecule has 0 saturated heterocycles. The molecule has 0 aliphatic heterocycles. The molecule has 0 radical (unpaired) electrons. The van der Waals surface area contributed by atoms with Crippen LogP contribution in [-0.2, 0) is 13.0 Å². The minimum Gasteiger partial charge on any atom is -0.489 e. The molecule has 0 amide bonds. The number of ether oxygens (including phenoxy) is 1. The first-order valence-corrected chi connectivity index (χ1v) is 7.31. The van der Waals surface area contributed by atoms with Crippen molar-refractivity contribution in [2.24, 2.45) is 11.0 Å². The van der Waals surface area contributed by atoms with E-state index in [9.17, 15) is 0 Å². The molecule has 4 N–H and O–H groups in total. The van der Waals surface area contributed by atoms with Gasteiger partial charge in [-0.3, -0.25) is 5.41 Å². The maximum atomic E-state index is 7.82. The SMILES string of the molecule is CN(N=N)C(=N)C(N)Cc1ccc(OCc2ccccc2)cc1. The number of amidine groups is 1. The van der Waals surface area contributed by atoms with E-state index in [1.54, 1.807) is 0 Å². The fourth-order valence-corrected chi connectivity index (χ4v) is 2.11. The van der Waals surface area contributed by atoms with Crippen LogP contribution in [0.1, 0.15) is 11.1 Å². The van der Waals surface area contributed by atoms with Gasteiger partial charge in [0.2, 0.25) is 0 Å². The molecule has 2 rings (SSSR count). The van der Waals surface area contributed by atoms with Crippen LogP contribution < -0.4 is 10.5 Å². The Morgan fingerprint density at radius 2 is 1.78 bits per heavy atom. The molecule has 0 fully saturated rings. The van der Waals surface area contributed by atoms with E-state index in [-0.39, 0.29) is 5.84 Å². The van der Waals surface area contributed by atoms with Gasteiger partial charge in [0.25, 0.3) is 0 Å². The van der Waals surface area contributed by atoms with E-state index in [0.717, 1.165) is 21.9 Å². The van der Waals surface area contributed by atoms with Crippen molar-refractivity contribution in [2.75, 3.05) is 7.05 Å². The van der Waals surface area contributed by atoms with Gasteiger partial charge in [-0.15, -0.1) is 0 Å². The zero-order valence-corrected chi connectivity index (χ0v) is 13.1. The predicted molar refractivity (Wildman–Crippen MR) is 89.5 cm³/mol. The number of hydrogen-bond acceptors (Lipinski definition) is 5. The molecule has 0 saturated carbocycles. The first-order chi connectivity index (χ1) is 11.1. The lowest BCUT2D eigenvalue weighted by molar-refractivity contribution is 0.306. The van der Waals surface area contributed by atoms with Crippen LogP contribution in [0.2, 0.25) is 0 Å². The first kappa shape index (κ1) is 16.6. The topological polar surface area (TPSA) is 98.6 Å². The van der Waals surface area contributed by atoms with Crippen molar-refractivity contribution in [1.29, 1.82) is 10.9 Å². The minimum atomic E-state index is -0.495. The molecule has 6 nitrogen and oxygen atoms in total. The quantitative estimate of drug-likeness (QED) is 0.317. The van der Waals surface area contributed by atoms with Gasteiger partial charge in [0, 0.05) is 7.05 Å². The molecule has 0 aliphatic rings. The average Bonchev–Trinajstić information content (AvgIpc) is 2.60. The third kappa shape index (κ3) is 4.89. The number of rotatable bonds is 7. The van der Waals surface area contributed by atoms with Gasteiger partial charge in [0.15, 0.2) is 0 Å². The van der Waals surface area contributed by atoms with Crippen LogP contribution in [0.25, 0.3) is 0 Å². The van der Waals surface area contributed by atoms with Gasteiger partial charge >= 0.3 is 0 Å². The Hall–Kier alpha value is -2.73. The Kier molecular flexibility index (Phi) is 5.82. The molecule has 1 atom stereocenters. The van der Waals surface area contributed by atoms with Crippen molar-refractivity contribution >= 4 is 5.84 Å². The second-order valence-electron chi connectivity index (χ2n) is 5.24. The van der Waals surface area contributed by atoms with E-state index in [0.29, 0.717) is 13.0 Å². The Morgan fingerprint density at radius 1 is 1.13 bits per heavy atom. The second kappa shape index (κ2) is 8.05. The highest BCUT2D eigenvalue weighted by molar-refractivity contribution is 5.84. The van der Waals surface area contributed by atoms with Crippen molar-refractivity contribution in [2.45, 2.75) is 19.1 Å². The maximum Gasteiger partial charge on any atom is 0.135 e. The summed E-state index contributed by atoms with van der Waals surface area (Å²) >= 11 is 0. The molecule has 6 heteroatoms. The van der Waals surface area contributed by atoms with Crippen LogP contribution in [0, 0.1) is 10.9 Å². The summed E-state index contributed by atoms with van der Waals surface area (Å²) < 4.78 is 5.73. The van der Waals surface area contributed by atoms with E-state index in [1.165, 1.54) is 7.05 Å². The van der Waals surface area contributed by atoms with Gasteiger partial charge in [-0.05, 0) is 29.7 Å². The second-order valence-corrected chi connectivity index (χ2v) is 5.24. The van der Waals surface area contributed by atoms with E-state index >= 15 is 0 Å². The Balaban J connectivity index is 1.89. The standard InChI is InChI=1S/C17H21N5O/c1-22(21-20)17(19)16(18)11-13-7-9-15(10-8-13)23-12-14-5-3-2-4-6-14/h2-10,16,19-20H,11-12,18H2,1H3. The first-order valence-electron chi connectivity index (χ1n) is 7.31. The molecule has 23 heavy (non-hydrogen) atoms. The van der Waals surface area contributed by atoms with Crippen molar-refractivity contribution in [3.05, 3.63) is 65.7 Å². The maximum absolute atomic E-state index is 7.82. The molecule has 120 valence electrons. The fraction of sp³-hybridized carbons (Fsp3) is 0.235. The number of nitrogens with zero attached hydrogens (tertiary/aromatic N) is 2. The van der Waals surface area contributed by atoms with Crippen LogP contribution in [-0.4, -0.2) is 23.9 Å². The van der Waals surface area contributed by atoms with Crippen LogP contribution in [0.15, 0.2) is 59.8 Å². The average molecular weight is 311 g/mol. The highest BCUT2D eigenvalue weighted by Crippen LogP contribution is 2.15. The molecular weight excluding hydrogens is 290 g/mol. The summed E-state index contributed by atoms with van der Waals surface area (Å²) in [5.74, 6) is 0.906. The van der Waals surface area contributed by atoms with Crippen LogP contribution >= 0.6 is 0 Å². The number of hydrogen-bond donors (Lipinski definition) is 3. The third-order valence-electron chi connectivity index (χ3n) is 3.48. The lowest BCUT2D eigenvalue weighted by atomic mass is 10.1. The fourth-order valence-electron chi connectivity index (χ4n) is 2.11. The van der Waals surface area contributed by atoms with Gasteiger partial charge in [-0.25, -0.2) is 5.01 Å². The molecule has 0 aliphatic carbocycles. The van der Waals surface area contributed by atoms with Gasteiger partial charge in [-0.2, -0.15) is 5.53 Å². The Labute approximate surface area is 135 Å². The molecule has 0 bridgehead atoms. The number of benzene rings is 2. The summed E-state index contributed by atoms with van der Waals surface area (Å²) in [6.07, 6.45) is 0.512. The summed E-state index contributed by atoms with van der Waals surface area (Å²) in [6.45, 7) is 0.528. The van der Waals surface area contributed by atoms with E-state index in [1.807, 2.05) is 54.6 Å². The summed E-state index contributed by atoms with van der Waals surface area (Å²) in [4.78, 5) is 0. The van der Waals surface area contributed by atoms with Gasteiger partial charge in [0.05, 0.1) is 6.04 Å². The molecule has 2 aromatic rings. The smallest absolute Gasteiger partial charge is 0.135 e. The normalized spacial score (nSPS) is 11.6. The zero-order chi connectivity index (χ0) is 16.7. The summed E-state index contributed by atoms with van der Waals surface area (Å²) in [7, 11) is 1.54. The molecule has 0 spiro atoms. The van der Waals surface area contributed by atoms with Crippen molar-refractivity contribution < 1.29 is 4.74 Å². The highest BCUT2D eigenvalue weighted by atomic mass is 16.5. The highest BCUT2D eigenvalue weighted by Gasteiger charge is 2.14. The number of likely N-dealkylation sites (N-methyl/N-ethyl adjacent to an activating group) is 1. The van der Waals surface area contributed by atoms with E-state index < -0.39 is 6.04 Å². The minimum absolute atomic E-state index is 0.115. The van der Waals surface area contributed by atoms with Crippen LogP contribution in [0.4, 0.5) is 0 Å². The summed E-state index contributed by atoms with van der Waals surface area (Å²) in [6, 6.07) is 17.2. The van der Waals surface area contributed by atoms with Gasteiger partial charge in [-0.1, -0.05) is 47.7 Å². The lowest BCUT2D eigenvalue weighted by Crippen LogP contribution is -2.40. The third-order valence-corrected chi connectivity index (χ3v) is 3.48. The van der Waals surface area contributed by atoms with Crippen molar-refractivity contribution in [3.8, 4) is 5.75 Å². The van der Waals surface area contributed by atoms with E-state index in [4.69, 9.17) is 21.4 Å². The molecule has 2 aromatic carbocycles. The van der Waals surface area contributed by atoms with Crippen molar-refractivity contribution in [3.63, 3.8) is 0 Å². The molecular formula is C17H21N5O. The Morgan fingerprint density at radius 3 is 2.39 bits per heavy atom. The molecule has 0 heterocycles. The summed E-state index contributed by atoms with van der Waals surface area (Å²) in [5, 5.41) is 12.1. The van der Waals surface area contributed by atoms with E-state index in [2.05, 4.69) is 5.22 Å². The predicted octanol–water partition coefficient (Wildman–Crippen LogP) is 2.99. The van der Waals surface area contributed by atoms with Gasteiger partial charge in [0.1, 0.15) is 18.2 Å². The Bertz CT molecular complexity index is 642.